The molecule has 0 radical (unpaired) electrons. The third-order valence-electron chi connectivity index (χ3n) is 5.36. The molecule has 1 heterocycles. The number of hydrogen-bond acceptors (Lipinski definition) is 12. The van der Waals surface area contributed by atoms with Crippen LogP contribution in [-0.2, 0) is 28.5 Å². The maximum atomic E-state index is 12.5. The minimum Gasteiger partial charge on any atom is -0.504 e. The number of carbonyl (C=O) groups excluding carboxylic acids is 2. The fraction of sp³-hybridized carbons (Fsp3) is 0.280. The van der Waals surface area contributed by atoms with Crippen LogP contribution in [-0.4, -0.2) is 87.0 Å². The number of hydrogen-bond donors (Lipinski definition) is 6. The van der Waals surface area contributed by atoms with Crippen LogP contribution in [0.25, 0.3) is 12.2 Å². The smallest absolute Gasteiger partial charge is 0.331 e. The topological polar surface area (TPSA) is 192 Å². The number of phenolic OH excluding ortho intramolecular Hbond substituents is 4. The number of phenols is 4. The van der Waals surface area contributed by atoms with Crippen LogP contribution in [0.4, 0.5) is 0 Å². The third-order valence-corrected chi connectivity index (χ3v) is 5.36. The Kier molecular flexibility index (Phi) is 9.09. The quantitative estimate of drug-likeness (QED) is 0.164. The number of esters is 2. The van der Waals surface area contributed by atoms with Gasteiger partial charge in [-0.3, -0.25) is 0 Å². The molecule has 12 heteroatoms. The van der Waals surface area contributed by atoms with Gasteiger partial charge in [0.05, 0.1) is 6.61 Å². The first-order valence-corrected chi connectivity index (χ1v) is 10.9. The molecule has 6 N–H and O–H groups in total. The number of aliphatic hydroxyl groups is 2. The van der Waals surface area contributed by atoms with Gasteiger partial charge >= 0.3 is 11.9 Å². The number of benzene rings is 2. The van der Waals surface area contributed by atoms with E-state index in [0.29, 0.717) is 11.1 Å². The van der Waals surface area contributed by atoms with Gasteiger partial charge in [0.1, 0.15) is 12.2 Å². The molecular formula is C25H26O12. The highest BCUT2D eigenvalue weighted by Crippen LogP contribution is 2.29. The molecule has 198 valence electrons. The first-order chi connectivity index (χ1) is 17.6. The number of ether oxygens (including phenoxy) is 4. The molecule has 2 aromatic carbocycles. The summed E-state index contributed by atoms with van der Waals surface area (Å²) in [5.41, 5.74) is 0.723. The highest BCUT2D eigenvalue weighted by atomic mass is 16.7. The number of rotatable bonds is 8. The van der Waals surface area contributed by atoms with Gasteiger partial charge in [-0.15, -0.1) is 0 Å². The predicted molar refractivity (Wildman–Crippen MR) is 126 cm³/mol. The van der Waals surface area contributed by atoms with Gasteiger partial charge in [-0.1, -0.05) is 12.1 Å². The average Bonchev–Trinajstić information content (AvgIpc) is 2.87. The lowest BCUT2D eigenvalue weighted by Crippen LogP contribution is -2.61. The van der Waals surface area contributed by atoms with Crippen LogP contribution in [0.15, 0.2) is 48.6 Å². The van der Waals surface area contributed by atoms with Crippen molar-refractivity contribution in [3.63, 3.8) is 0 Å². The second kappa shape index (κ2) is 12.2. The predicted octanol–water partition coefficient (Wildman–Crippen LogP) is 0.784. The van der Waals surface area contributed by atoms with Crippen LogP contribution in [0.3, 0.4) is 0 Å². The van der Waals surface area contributed by atoms with Gasteiger partial charge in [0.15, 0.2) is 41.5 Å². The summed E-state index contributed by atoms with van der Waals surface area (Å²) in [6.45, 7) is -0.650. The Morgan fingerprint density at radius 3 is 1.76 bits per heavy atom. The Morgan fingerprint density at radius 2 is 1.32 bits per heavy atom. The van der Waals surface area contributed by atoms with E-state index in [-0.39, 0.29) is 11.5 Å². The van der Waals surface area contributed by atoms with E-state index >= 15 is 0 Å². The Bertz CT molecular complexity index is 1170. The molecule has 2 aromatic rings. The van der Waals surface area contributed by atoms with Gasteiger partial charge in [0, 0.05) is 19.3 Å². The lowest BCUT2D eigenvalue weighted by Gasteiger charge is -2.42. The van der Waals surface area contributed by atoms with Gasteiger partial charge in [0.2, 0.25) is 0 Å². The third kappa shape index (κ3) is 6.98. The lowest BCUT2D eigenvalue weighted by atomic mass is 9.98. The number of aromatic hydroxyl groups is 4. The van der Waals surface area contributed by atoms with E-state index in [0.717, 1.165) is 12.2 Å². The van der Waals surface area contributed by atoms with Crippen molar-refractivity contribution in [2.45, 2.75) is 30.7 Å². The van der Waals surface area contributed by atoms with Gasteiger partial charge in [0.25, 0.3) is 0 Å². The zero-order valence-electron chi connectivity index (χ0n) is 19.5. The molecule has 1 aliphatic heterocycles. The molecule has 37 heavy (non-hydrogen) atoms. The molecule has 1 saturated heterocycles. The van der Waals surface area contributed by atoms with Crippen LogP contribution < -0.4 is 0 Å². The van der Waals surface area contributed by atoms with E-state index < -0.39 is 60.8 Å². The van der Waals surface area contributed by atoms with Gasteiger partial charge in [-0.2, -0.15) is 0 Å². The van der Waals surface area contributed by atoms with Crippen molar-refractivity contribution in [3.05, 3.63) is 59.7 Å². The number of carbonyl (C=O) groups is 2. The fourth-order valence-electron chi connectivity index (χ4n) is 3.45. The Balaban J connectivity index is 1.77. The summed E-state index contributed by atoms with van der Waals surface area (Å²) in [4.78, 5) is 25.0. The molecule has 0 bridgehead atoms. The second-order valence-corrected chi connectivity index (χ2v) is 7.92. The zero-order valence-corrected chi connectivity index (χ0v) is 19.5. The average molecular weight is 518 g/mol. The number of methoxy groups -OCH3 is 1. The molecule has 1 aliphatic rings. The van der Waals surface area contributed by atoms with Crippen LogP contribution in [0.2, 0.25) is 0 Å². The molecule has 0 spiro atoms. The summed E-state index contributed by atoms with van der Waals surface area (Å²) in [6.07, 6.45) is -2.52. The van der Waals surface area contributed by atoms with Crippen molar-refractivity contribution in [2.75, 3.05) is 13.7 Å². The molecule has 5 atom stereocenters. The summed E-state index contributed by atoms with van der Waals surface area (Å²) in [7, 11) is 1.22. The summed E-state index contributed by atoms with van der Waals surface area (Å²) in [5.74, 6) is -3.36. The van der Waals surface area contributed by atoms with Crippen molar-refractivity contribution < 1.29 is 59.2 Å². The number of aliphatic hydroxyl groups excluding tert-OH is 2. The second-order valence-electron chi connectivity index (χ2n) is 7.92. The molecule has 12 nitrogen and oxygen atoms in total. The summed E-state index contributed by atoms with van der Waals surface area (Å²) >= 11 is 0. The molecular weight excluding hydrogens is 492 g/mol. The zero-order chi connectivity index (χ0) is 27.1. The van der Waals surface area contributed by atoms with Gasteiger partial charge < -0.3 is 49.6 Å². The molecule has 0 saturated carbocycles. The standard InChI is InChI=1S/C25H26O12/c1-34-25-24(37-21(32)9-5-14-3-7-16(28)18(30)11-14)23(22(33)19(12-26)35-25)36-20(31)8-4-13-2-6-15(27)17(29)10-13/h2-11,19,22-30,33H,12H2,1H3/b8-4+,9-5+/t19-,22-,23+,24-,25+/m1/s1. The molecule has 3 rings (SSSR count). The van der Waals surface area contributed by atoms with Gasteiger partial charge in [-0.25, -0.2) is 9.59 Å². The molecule has 0 amide bonds. The maximum absolute atomic E-state index is 12.5. The first-order valence-electron chi connectivity index (χ1n) is 10.9. The molecule has 0 aromatic heterocycles. The Morgan fingerprint density at radius 1 is 0.838 bits per heavy atom. The van der Waals surface area contributed by atoms with Crippen molar-refractivity contribution in [3.8, 4) is 23.0 Å². The van der Waals surface area contributed by atoms with E-state index in [9.17, 15) is 40.2 Å². The van der Waals surface area contributed by atoms with Crippen LogP contribution in [0, 0.1) is 0 Å². The summed E-state index contributed by atoms with van der Waals surface area (Å²) in [5, 5.41) is 58.1. The molecule has 1 fully saturated rings. The van der Waals surface area contributed by atoms with E-state index in [1.165, 1.54) is 55.7 Å². The van der Waals surface area contributed by atoms with Crippen molar-refractivity contribution in [1.82, 2.24) is 0 Å². The van der Waals surface area contributed by atoms with Crippen molar-refractivity contribution in [1.29, 1.82) is 0 Å². The fourth-order valence-corrected chi connectivity index (χ4v) is 3.45. The first kappa shape index (κ1) is 27.5. The van der Waals surface area contributed by atoms with E-state index in [1.807, 2.05) is 0 Å². The monoisotopic (exact) mass is 518 g/mol. The SMILES string of the molecule is CO[C@H]1O[C@H](CO)[C@@H](O)[C@H](OC(=O)/C=C/c2ccc(O)c(O)c2)[C@H]1OC(=O)/C=C/c1ccc(O)c(O)c1. The Labute approximate surface area is 210 Å². The summed E-state index contributed by atoms with van der Waals surface area (Å²) < 4.78 is 21.3. The minimum atomic E-state index is -1.60. The van der Waals surface area contributed by atoms with Gasteiger partial charge in [-0.05, 0) is 47.5 Å². The lowest BCUT2D eigenvalue weighted by molar-refractivity contribution is -0.298. The molecule has 0 unspecified atom stereocenters. The van der Waals surface area contributed by atoms with E-state index in [1.54, 1.807) is 0 Å². The minimum absolute atomic E-state index is 0.338. The van der Waals surface area contributed by atoms with Crippen molar-refractivity contribution >= 4 is 24.1 Å². The normalized spacial score (nSPS) is 23.8. The Hall–Kier alpha value is -4.10. The largest absolute Gasteiger partial charge is 0.504 e. The van der Waals surface area contributed by atoms with E-state index in [4.69, 9.17) is 18.9 Å². The highest BCUT2D eigenvalue weighted by Gasteiger charge is 2.49. The molecule has 0 aliphatic carbocycles. The van der Waals surface area contributed by atoms with E-state index in [2.05, 4.69) is 0 Å². The van der Waals surface area contributed by atoms with Crippen LogP contribution in [0.5, 0.6) is 23.0 Å². The van der Waals surface area contributed by atoms with Crippen LogP contribution >= 0.6 is 0 Å². The van der Waals surface area contributed by atoms with Crippen molar-refractivity contribution in [2.24, 2.45) is 0 Å². The summed E-state index contributed by atoms with van der Waals surface area (Å²) in [6, 6.07) is 7.72. The maximum Gasteiger partial charge on any atom is 0.331 e. The van der Waals surface area contributed by atoms with Crippen LogP contribution in [0.1, 0.15) is 11.1 Å². The highest BCUT2D eigenvalue weighted by molar-refractivity contribution is 5.88.